The van der Waals surface area contributed by atoms with Gasteiger partial charge in [-0.3, -0.25) is 0 Å². The second-order valence-electron chi connectivity index (χ2n) is 34.8. The van der Waals surface area contributed by atoms with Crippen LogP contribution in [0.1, 0.15) is 5.56 Å². The van der Waals surface area contributed by atoms with Crippen LogP contribution in [0.15, 0.2) is 510 Å². The summed E-state index contributed by atoms with van der Waals surface area (Å²) in [4.78, 5) is 50.9. The van der Waals surface area contributed by atoms with Crippen molar-refractivity contribution in [3.8, 4) is 209 Å². The Balaban J connectivity index is 0.000000123. The van der Waals surface area contributed by atoms with Gasteiger partial charge >= 0.3 is 0 Å². The van der Waals surface area contributed by atoms with Crippen LogP contribution in [0.25, 0.3) is 245 Å². The molecule has 3 aromatic heterocycles. The van der Waals surface area contributed by atoms with Crippen LogP contribution in [-0.2, 0) is 0 Å². The maximum atomic E-state index is 9.56. The lowest BCUT2D eigenvalue weighted by molar-refractivity contribution is 1.07. The minimum Gasteiger partial charge on any atom is -0.238 e. The molecule has 0 unspecified atom stereocenters. The van der Waals surface area contributed by atoms with Crippen LogP contribution in [-0.4, -0.2) is 44.9 Å². The Morgan fingerprint density at radius 2 is 0.347 bits per heavy atom. The van der Waals surface area contributed by atoms with Crippen molar-refractivity contribution in [3.63, 3.8) is 0 Å². The number of rotatable bonds is 18. The molecule has 0 amide bonds. The van der Waals surface area contributed by atoms with Crippen LogP contribution in [0.5, 0.6) is 0 Å². The van der Waals surface area contributed by atoms with Crippen molar-refractivity contribution in [1.29, 1.82) is 5.26 Å². The molecule has 12 heteroatoms. The van der Waals surface area contributed by atoms with E-state index in [1.165, 1.54) is 43.4 Å². The first-order chi connectivity index (χ1) is 71.2. The van der Waals surface area contributed by atoms with Crippen LogP contribution >= 0.6 is 0 Å². The van der Waals surface area contributed by atoms with Crippen molar-refractivity contribution in [2.45, 2.75) is 0 Å². The van der Waals surface area contributed by atoms with E-state index in [1.54, 1.807) is 0 Å². The van der Waals surface area contributed by atoms with Gasteiger partial charge in [0, 0.05) is 50.1 Å². The van der Waals surface area contributed by atoms with Gasteiger partial charge in [0.1, 0.15) is 0 Å². The van der Waals surface area contributed by atoms with E-state index in [4.69, 9.17) is 58.0 Å². The van der Waals surface area contributed by atoms with Gasteiger partial charge < -0.3 is 0 Å². The zero-order chi connectivity index (χ0) is 96.9. The van der Waals surface area contributed by atoms with Gasteiger partial charge in [0.2, 0.25) is 0 Å². The summed E-state index contributed by atoms with van der Waals surface area (Å²) in [5, 5.41) is 16.7. The van der Waals surface area contributed by atoms with Gasteiger partial charge in [0.05, 0.1) is 24.8 Å². The zero-order valence-corrected chi connectivity index (χ0v) is 77.9. The fraction of sp³-hybridized carbons (Fsp3) is 0. The van der Waals surface area contributed by atoms with E-state index in [1.807, 2.05) is 255 Å². The van der Waals surface area contributed by atoms with Crippen molar-refractivity contribution < 1.29 is 0 Å². The third-order valence-electron chi connectivity index (χ3n) is 25.8. The number of hydrogen-bond acceptors (Lipinski definition) is 10. The van der Waals surface area contributed by atoms with E-state index in [0.717, 1.165) is 139 Å². The predicted octanol–water partition coefficient (Wildman–Crippen LogP) is 34.1. The van der Waals surface area contributed by atoms with Crippen molar-refractivity contribution in [2.75, 3.05) is 0 Å². The quantitative estimate of drug-likeness (QED) is 0.0760. The Kier molecular flexibility index (Phi) is 25.4. The number of aromatic nitrogens is 9. The second kappa shape index (κ2) is 41.1. The summed E-state index contributed by atoms with van der Waals surface area (Å²) in [5.41, 5.74) is 30.5. The fourth-order valence-electron chi connectivity index (χ4n) is 18.2. The molecular formula is C132H84N12. The largest absolute Gasteiger partial charge is 0.238 e. The summed E-state index contributed by atoms with van der Waals surface area (Å²) in [6.07, 6.45) is 0. The molecule has 21 aromatic carbocycles. The van der Waals surface area contributed by atoms with Crippen LogP contribution in [0, 0.1) is 24.5 Å². The van der Waals surface area contributed by atoms with E-state index in [0.29, 0.717) is 69.4 Å². The predicted molar refractivity (Wildman–Crippen MR) is 587 cm³/mol. The average Bonchev–Trinajstić information content (AvgIpc) is 0.801. The number of hydrogen-bond donors (Lipinski definition) is 0. The zero-order valence-electron chi connectivity index (χ0n) is 77.9. The van der Waals surface area contributed by atoms with E-state index < -0.39 is 0 Å². The molecule has 0 spiro atoms. The number of nitriles is 1. The highest BCUT2D eigenvalue weighted by atomic mass is 15.1. The molecule has 0 aliphatic carbocycles. The summed E-state index contributed by atoms with van der Waals surface area (Å²) in [7, 11) is 0. The van der Waals surface area contributed by atoms with Crippen molar-refractivity contribution in [1.82, 2.24) is 44.9 Å². The molecule has 12 nitrogen and oxygen atoms in total. The van der Waals surface area contributed by atoms with E-state index in [9.17, 15) is 5.26 Å². The lowest BCUT2D eigenvalue weighted by Gasteiger charge is -2.12. The summed E-state index contributed by atoms with van der Waals surface area (Å²) in [6, 6.07) is 176. The van der Waals surface area contributed by atoms with E-state index >= 15 is 0 Å². The highest BCUT2D eigenvalue weighted by Crippen LogP contribution is 2.42. The third-order valence-corrected chi connectivity index (χ3v) is 25.8. The first-order valence-corrected chi connectivity index (χ1v) is 47.5. The molecular weight excluding hydrogens is 1750 g/mol. The highest BCUT2D eigenvalue weighted by Gasteiger charge is 2.21. The Hall–Kier alpha value is -20.1. The number of nitrogens with zero attached hydrogens (tertiary/aromatic N) is 12. The van der Waals surface area contributed by atoms with Gasteiger partial charge in [-0.05, 0) is 163 Å². The standard InChI is InChI=1S/3C44H28N4/c1-45-39-16-8-15-37(28-39)30-18-20-31(21-19-30)38-27-24-32-14-9-17-40(41(32)29-38)33-22-25-36(26-23-33)44-47-42(34-10-4-2-5-11-34)46-43(48-44)35-12-6-3-7-13-35;1-45-39-27-25-31(26-28-39)30-15-17-32(18-16-30)38-24-21-33-13-8-14-40(41(33)29-38)34-19-22-37(23-20-34)44-47-42(35-9-4-2-5-10-35)46-43(48-44)36-11-6-3-7-12-36;45-29-38-14-7-8-16-39(38)32-20-18-30(19-21-32)37-27-24-31-15-9-17-40(41(31)28-37)33-22-25-36(26-23-33)44-47-42(34-10-3-1-4-11-34)46-43(48-44)35-12-5-2-6-13-35/h2*2-29H;1-28H. The molecule has 24 aromatic rings. The Bertz CT molecular complexity index is 8760. The van der Waals surface area contributed by atoms with Crippen LogP contribution in [0.2, 0.25) is 0 Å². The molecule has 0 aliphatic rings. The minimum absolute atomic E-state index is 0.635. The molecule has 0 saturated heterocycles. The van der Waals surface area contributed by atoms with Crippen molar-refractivity contribution in [3.05, 3.63) is 538 Å². The summed E-state index contributed by atoms with van der Waals surface area (Å²) in [5.74, 6) is 5.80. The first-order valence-electron chi connectivity index (χ1n) is 47.5. The molecule has 0 bridgehead atoms. The number of fused-ring (bicyclic) bond motifs is 3. The maximum absolute atomic E-state index is 9.56. The topological polar surface area (TPSA) is 149 Å². The molecule has 144 heavy (non-hydrogen) atoms. The SMILES string of the molecule is N#Cc1ccccc1-c1ccc(-c2ccc3cccc(-c4ccc(-c5nc(-c6ccccc6)nc(-c6ccccc6)n5)cc4)c3c2)cc1.[C-]#[N+]c1ccc(-c2ccc(-c3ccc4cccc(-c5ccc(-c6nc(-c7ccccc7)nc(-c7ccccc7)n6)cc5)c4c3)cc2)cc1.[C-]#[N+]c1cccc(-c2ccc(-c3ccc4cccc(-c5ccc(-c6nc(-c7ccccc7)nc(-c7ccccc7)n6)cc5)c4c3)cc2)c1. The third kappa shape index (κ3) is 19.5. The second-order valence-corrected chi connectivity index (χ2v) is 34.8. The lowest BCUT2D eigenvalue weighted by atomic mass is 9.93. The molecule has 24 rings (SSSR count). The highest BCUT2D eigenvalue weighted by molar-refractivity contribution is 6.03. The Morgan fingerprint density at radius 1 is 0.153 bits per heavy atom. The maximum Gasteiger partial charge on any atom is 0.187 e. The molecule has 0 aliphatic heterocycles. The first kappa shape index (κ1) is 89.1. The van der Waals surface area contributed by atoms with E-state index in [2.05, 4.69) is 271 Å². The van der Waals surface area contributed by atoms with E-state index in [-0.39, 0.29) is 0 Å². The van der Waals surface area contributed by atoms with Gasteiger partial charge in [-0.15, -0.1) is 0 Å². The van der Waals surface area contributed by atoms with Crippen LogP contribution in [0.4, 0.5) is 11.4 Å². The Labute approximate surface area is 834 Å². The lowest BCUT2D eigenvalue weighted by Crippen LogP contribution is -2.00. The molecule has 0 saturated carbocycles. The van der Waals surface area contributed by atoms with Gasteiger partial charge in [-0.1, -0.05) is 479 Å². The van der Waals surface area contributed by atoms with Gasteiger partial charge in [0.15, 0.2) is 63.8 Å². The van der Waals surface area contributed by atoms with Crippen molar-refractivity contribution in [2.24, 2.45) is 0 Å². The summed E-state index contributed by atoms with van der Waals surface area (Å²) < 4.78 is 0. The van der Waals surface area contributed by atoms with Crippen LogP contribution < -0.4 is 0 Å². The van der Waals surface area contributed by atoms with Gasteiger partial charge in [-0.25, -0.2) is 54.5 Å². The average molecular weight is 1840 g/mol. The smallest absolute Gasteiger partial charge is 0.187 e. The normalized spacial score (nSPS) is 10.9. The monoisotopic (exact) mass is 1840 g/mol. The molecule has 0 radical (unpaired) electrons. The molecule has 0 N–H and O–H groups in total. The Morgan fingerprint density at radius 3 is 0.618 bits per heavy atom. The van der Waals surface area contributed by atoms with Crippen LogP contribution in [0.3, 0.4) is 0 Å². The van der Waals surface area contributed by atoms with Crippen molar-refractivity contribution >= 4 is 43.7 Å². The molecule has 0 atom stereocenters. The minimum atomic E-state index is 0.635. The molecule has 3 heterocycles. The molecule has 0 fully saturated rings. The summed E-state index contributed by atoms with van der Waals surface area (Å²) in [6.45, 7) is 14.5. The molecule has 672 valence electrons. The van der Waals surface area contributed by atoms with Gasteiger partial charge in [-0.2, -0.15) is 5.26 Å². The summed E-state index contributed by atoms with van der Waals surface area (Å²) >= 11 is 0. The van der Waals surface area contributed by atoms with Gasteiger partial charge in [0.25, 0.3) is 0 Å². The fourth-order valence-corrected chi connectivity index (χ4v) is 18.2. The number of benzene rings is 21.